The summed E-state index contributed by atoms with van der Waals surface area (Å²) in [7, 11) is -3.35. The van der Waals surface area contributed by atoms with Gasteiger partial charge in [0.05, 0.1) is 18.3 Å². The number of pyridine rings is 1. The van der Waals surface area contributed by atoms with Crippen molar-refractivity contribution in [1.29, 1.82) is 0 Å². The zero-order valence-electron chi connectivity index (χ0n) is 17.1. The third-order valence-electron chi connectivity index (χ3n) is 5.54. The SMILES string of the molecule is CS(=O)(=O)N1CCN(C(=O)c2c(O)c3ccccc3n(Cc3ccccc3)c2=O)CC1. The second-order valence-corrected chi connectivity index (χ2v) is 9.55. The first-order valence-corrected chi connectivity index (χ1v) is 11.7. The van der Waals surface area contributed by atoms with Crippen molar-refractivity contribution in [2.75, 3.05) is 32.4 Å². The quantitative estimate of drug-likeness (QED) is 0.661. The summed E-state index contributed by atoms with van der Waals surface area (Å²) in [4.78, 5) is 28.0. The maximum atomic E-state index is 13.4. The Labute approximate surface area is 180 Å². The lowest BCUT2D eigenvalue weighted by Crippen LogP contribution is -2.51. The molecule has 0 bridgehead atoms. The van der Waals surface area contributed by atoms with Crippen molar-refractivity contribution in [1.82, 2.24) is 13.8 Å². The molecule has 31 heavy (non-hydrogen) atoms. The number of carbonyl (C=O) groups excluding carboxylic acids is 1. The number of carbonyl (C=O) groups is 1. The van der Waals surface area contributed by atoms with E-state index in [0.717, 1.165) is 11.8 Å². The van der Waals surface area contributed by atoms with Crippen LogP contribution in [0.2, 0.25) is 0 Å². The number of aromatic nitrogens is 1. The van der Waals surface area contributed by atoms with Crippen LogP contribution < -0.4 is 5.56 Å². The molecular formula is C22H23N3O5S. The topological polar surface area (TPSA) is 99.9 Å². The summed E-state index contributed by atoms with van der Waals surface area (Å²) in [6.07, 6.45) is 1.13. The van der Waals surface area contributed by atoms with E-state index < -0.39 is 21.5 Å². The third kappa shape index (κ3) is 4.06. The second-order valence-electron chi connectivity index (χ2n) is 7.57. The molecule has 1 fully saturated rings. The van der Waals surface area contributed by atoms with E-state index in [1.165, 1.54) is 13.8 Å². The zero-order chi connectivity index (χ0) is 22.2. The van der Waals surface area contributed by atoms with E-state index in [-0.39, 0.29) is 44.0 Å². The first-order valence-electron chi connectivity index (χ1n) is 9.90. The Bertz CT molecular complexity index is 1290. The van der Waals surface area contributed by atoms with E-state index >= 15 is 0 Å². The zero-order valence-corrected chi connectivity index (χ0v) is 17.9. The van der Waals surface area contributed by atoms with Crippen molar-refractivity contribution in [2.45, 2.75) is 6.54 Å². The summed E-state index contributed by atoms with van der Waals surface area (Å²) in [5.41, 5.74) is 0.561. The number of piperazine rings is 1. The number of aromatic hydroxyl groups is 1. The van der Waals surface area contributed by atoms with E-state index in [4.69, 9.17) is 0 Å². The van der Waals surface area contributed by atoms with Gasteiger partial charge in [0.15, 0.2) is 0 Å². The van der Waals surface area contributed by atoms with Crippen molar-refractivity contribution < 1.29 is 18.3 Å². The molecule has 0 spiro atoms. The highest BCUT2D eigenvalue weighted by atomic mass is 32.2. The predicted molar refractivity (Wildman–Crippen MR) is 118 cm³/mol. The fourth-order valence-electron chi connectivity index (χ4n) is 3.89. The van der Waals surface area contributed by atoms with E-state index in [9.17, 15) is 23.1 Å². The van der Waals surface area contributed by atoms with Crippen LogP contribution in [0.1, 0.15) is 15.9 Å². The van der Waals surface area contributed by atoms with Gasteiger partial charge in [-0.25, -0.2) is 8.42 Å². The van der Waals surface area contributed by atoms with Gasteiger partial charge >= 0.3 is 0 Å². The predicted octanol–water partition coefficient (Wildman–Crippen LogP) is 1.47. The fraction of sp³-hybridized carbons (Fsp3) is 0.273. The smallest absolute Gasteiger partial charge is 0.268 e. The van der Waals surface area contributed by atoms with Crippen molar-refractivity contribution in [2.24, 2.45) is 0 Å². The van der Waals surface area contributed by atoms with Crippen LogP contribution in [0.15, 0.2) is 59.4 Å². The monoisotopic (exact) mass is 441 g/mol. The molecule has 1 aromatic heterocycles. The van der Waals surface area contributed by atoms with Gasteiger partial charge in [0, 0.05) is 31.6 Å². The lowest BCUT2D eigenvalue weighted by Gasteiger charge is -2.33. The van der Waals surface area contributed by atoms with Crippen molar-refractivity contribution >= 4 is 26.8 Å². The van der Waals surface area contributed by atoms with E-state index in [1.54, 1.807) is 24.3 Å². The minimum atomic E-state index is -3.35. The molecule has 1 saturated heterocycles. The van der Waals surface area contributed by atoms with Gasteiger partial charge in [0.2, 0.25) is 10.0 Å². The first kappa shape index (κ1) is 21.1. The molecule has 4 rings (SSSR count). The molecule has 0 radical (unpaired) electrons. The summed E-state index contributed by atoms with van der Waals surface area (Å²) in [6, 6.07) is 16.3. The summed E-state index contributed by atoms with van der Waals surface area (Å²) < 4.78 is 26.3. The van der Waals surface area contributed by atoms with E-state index in [0.29, 0.717) is 10.9 Å². The molecular weight excluding hydrogens is 418 g/mol. The maximum Gasteiger partial charge on any atom is 0.268 e. The molecule has 1 N–H and O–H groups in total. The van der Waals surface area contributed by atoms with Crippen LogP contribution in [0.4, 0.5) is 0 Å². The Morgan fingerprint density at radius 1 is 0.968 bits per heavy atom. The number of hydrogen-bond donors (Lipinski definition) is 1. The van der Waals surface area contributed by atoms with Crippen LogP contribution in [0.5, 0.6) is 5.75 Å². The number of para-hydroxylation sites is 1. The third-order valence-corrected chi connectivity index (χ3v) is 6.84. The molecule has 1 aliphatic rings. The lowest BCUT2D eigenvalue weighted by atomic mass is 10.1. The van der Waals surface area contributed by atoms with Gasteiger partial charge in [0.25, 0.3) is 11.5 Å². The number of nitrogens with zero attached hydrogens (tertiary/aromatic N) is 3. The van der Waals surface area contributed by atoms with E-state index in [1.807, 2.05) is 30.3 Å². The lowest BCUT2D eigenvalue weighted by molar-refractivity contribution is 0.0693. The second kappa shape index (κ2) is 8.16. The van der Waals surface area contributed by atoms with Gasteiger partial charge in [-0.3, -0.25) is 9.59 Å². The average Bonchev–Trinajstić information content (AvgIpc) is 2.77. The van der Waals surface area contributed by atoms with Crippen LogP contribution in [0.3, 0.4) is 0 Å². The summed E-state index contributed by atoms with van der Waals surface area (Å²) in [5, 5.41) is 11.2. The van der Waals surface area contributed by atoms with Crippen LogP contribution in [0, 0.1) is 0 Å². The number of benzene rings is 2. The molecule has 1 aliphatic heterocycles. The van der Waals surface area contributed by atoms with Gasteiger partial charge in [-0.1, -0.05) is 42.5 Å². The number of rotatable bonds is 4. The van der Waals surface area contributed by atoms with Crippen LogP contribution in [0.25, 0.3) is 10.9 Å². The number of hydrogen-bond acceptors (Lipinski definition) is 5. The molecule has 1 amide bonds. The number of fused-ring (bicyclic) bond motifs is 1. The molecule has 2 aromatic carbocycles. The molecule has 9 heteroatoms. The Hall–Kier alpha value is -3.17. The molecule has 0 atom stereocenters. The largest absolute Gasteiger partial charge is 0.506 e. The minimum absolute atomic E-state index is 0.149. The highest BCUT2D eigenvalue weighted by Crippen LogP contribution is 2.28. The molecule has 0 aliphatic carbocycles. The molecule has 0 unspecified atom stereocenters. The fourth-order valence-corrected chi connectivity index (χ4v) is 4.71. The van der Waals surface area contributed by atoms with Gasteiger partial charge < -0.3 is 14.6 Å². The standard InChI is InChI=1S/C22H23N3O5S/c1-31(29,30)24-13-11-23(12-14-24)21(27)19-20(26)17-9-5-6-10-18(17)25(22(19)28)15-16-7-3-2-4-8-16/h2-10,26H,11-15H2,1H3. The van der Waals surface area contributed by atoms with Crippen LogP contribution in [-0.2, 0) is 16.6 Å². The van der Waals surface area contributed by atoms with Crippen molar-refractivity contribution in [3.05, 3.63) is 76.1 Å². The molecule has 2 heterocycles. The summed E-state index contributed by atoms with van der Waals surface area (Å²) in [5.74, 6) is -0.941. The van der Waals surface area contributed by atoms with Gasteiger partial charge in [0.1, 0.15) is 11.3 Å². The van der Waals surface area contributed by atoms with Crippen molar-refractivity contribution in [3.8, 4) is 5.75 Å². The van der Waals surface area contributed by atoms with Crippen LogP contribution >= 0.6 is 0 Å². The molecule has 8 nitrogen and oxygen atoms in total. The molecule has 162 valence electrons. The highest BCUT2D eigenvalue weighted by Gasteiger charge is 2.30. The van der Waals surface area contributed by atoms with E-state index in [2.05, 4.69) is 0 Å². The Morgan fingerprint density at radius 2 is 1.58 bits per heavy atom. The van der Waals surface area contributed by atoms with Gasteiger partial charge in [-0.05, 0) is 17.7 Å². The first-order chi connectivity index (χ1) is 14.8. The number of sulfonamides is 1. The van der Waals surface area contributed by atoms with Gasteiger partial charge in [-0.2, -0.15) is 4.31 Å². The Kier molecular flexibility index (Phi) is 5.55. The summed E-state index contributed by atoms with van der Waals surface area (Å²) in [6.45, 7) is 0.851. The maximum absolute atomic E-state index is 13.4. The van der Waals surface area contributed by atoms with Crippen LogP contribution in [-0.4, -0.2) is 65.6 Å². The molecule has 0 saturated carbocycles. The Morgan fingerprint density at radius 3 is 2.23 bits per heavy atom. The number of amides is 1. The Balaban J connectivity index is 1.76. The highest BCUT2D eigenvalue weighted by molar-refractivity contribution is 7.88. The normalized spacial score (nSPS) is 15.3. The minimum Gasteiger partial charge on any atom is -0.506 e. The summed E-state index contributed by atoms with van der Waals surface area (Å²) >= 11 is 0. The van der Waals surface area contributed by atoms with Gasteiger partial charge in [-0.15, -0.1) is 0 Å². The molecule has 3 aromatic rings. The van der Waals surface area contributed by atoms with Crippen molar-refractivity contribution in [3.63, 3.8) is 0 Å². The average molecular weight is 442 g/mol.